The maximum Gasteiger partial charge on any atom is 0.307 e. The first-order chi connectivity index (χ1) is 13.9. The molecule has 0 aliphatic rings. The number of carboxylic acids is 1. The third kappa shape index (κ3) is 15.5. The topological polar surface area (TPSA) is 246 Å². The van der Waals surface area contributed by atoms with Crippen molar-refractivity contribution in [1.82, 2.24) is 0 Å². The number of ether oxygens (including phenoxy) is 1. The summed E-state index contributed by atoms with van der Waals surface area (Å²) in [6.07, 6.45) is 2.96. The Morgan fingerprint density at radius 1 is 0.633 bits per heavy atom. The molecular formula is C19H43N7O4. The minimum absolute atomic E-state index is 0.124. The SMILES string of the molecule is CCOC(=O)CC(N)CC(N)CC(N)CC(N)CC(N)CC(N)CC(N)CC(=O)O. The maximum atomic E-state index is 11.4. The van der Waals surface area contributed by atoms with E-state index in [0.29, 0.717) is 45.1 Å². The number of hydrogen-bond donors (Lipinski definition) is 8. The molecule has 30 heavy (non-hydrogen) atoms. The van der Waals surface area contributed by atoms with Crippen molar-refractivity contribution in [2.45, 2.75) is 101 Å². The summed E-state index contributed by atoms with van der Waals surface area (Å²) >= 11 is 0. The summed E-state index contributed by atoms with van der Waals surface area (Å²) in [5.74, 6) is -1.28. The predicted octanol–water partition coefficient (Wildman–Crippen LogP) is -1.95. The molecular weight excluding hydrogens is 390 g/mol. The van der Waals surface area contributed by atoms with Crippen LogP contribution in [0.1, 0.15) is 58.3 Å². The van der Waals surface area contributed by atoms with Crippen LogP contribution in [0.3, 0.4) is 0 Å². The molecule has 178 valence electrons. The Labute approximate surface area is 179 Å². The van der Waals surface area contributed by atoms with Crippen molar-refractivity contribution in [1.29, 1.82) is 0 Å². The Bertz CT molecular complexity index is 498. The first-order valence-corrected chi connectivity index (χ1v) is 10.6. The summed E-state index contributed by atoms with van der Waals surface area (Å²) in [6.45, 7) is 2.06. The standard InChI is InChI=1S/C19H43N7O4/c1-2-30-19(29)10-17(26)8-15(24)6-13(22)4-11(20)3-12(21)5-14(23)7-16(25)9-18(27)28/h11-17H,2-10,20-26H2,1H3,(H,27,28). The number of esters is 1. The number of hydrogen-bond acceptors (Lipinski definition) is 10. The summed E-state index contributed by atoms with van der Waals surface area (Å²) in [5.41, 5.74) is 42.3. The highest BCUT2D eigenvalue weighted by Gasteiger charge is 2.21. The van der Waals surface area contributed by atoms with Gasteiger partial charge in [0.2, 0.25) is 0 Å². The number of nitrogens with two attached hydrogens (primary N) is 7. The largest absolute Gasteiger partial charge is 0.481 e. The molecule has 0 bridgehead atoms. The van der Waals surface area contributed by atoms with Gasteiger partial charge in [0.1, 0.15) is 0 Å². The molecule has 0 aromatic carbocycles. The molecule has 0 fully saturated rings. The van der Waals surface area contributed by atoms with Gasteiger partial charge in [-0.15, -0.1) is 0 Å². The highest BCUT2D eigenvalue weighted by atomic mass is 16.5. The number of carbonyl (C=O) groups excluding carboxylic acids is 1. The molecule has 11 nitrogen and oxygen atoms in total. The fourth-order valence-corrected chi connectivity index (χ4v) is 3.64. The number of aliphatic carboxylic acids is 1. The molecule has 0 saturated carbocycles. The Kier molecular flexibility index (Phi) is 14.8. The van der Waals surface area contributed by atoms with Gasteiger partial charge in [-0.1, -0.05) is 0 Å². The van der Waals surface area contributed by atoms with Crippen molar-refractivity contribution < 1.29 is 19.4 Å². The van der Waals surface area contributed by atoms with Gasteiger partial charge in [0, 0.05) is 42.3 Å². The lowest BCUT2D eigenvalue weighted by Gasteiger charge is -2.25. The van der Waals surface area contributed by atoms with Crippen molar-refractivity contribution in [2.24, 2.45) is 40.1 Å². The molecule has 15 N–H and O–H groups in total. The van der Waals surface area contributed by atoms with Crippen LogP contribution in [0.25, 0.3) is 0 Å². The van der Waals surface area contributed by atoms with E-state index >= 15 is 0 Å². The van der Waals surface area contributed by atoms with E-state index in [4.69, 9.17) is 50.0 Å². The normalized spacial score (nSPS) is 18.7. The summed E-state index contributed by atoms with van der Waals surface area (Å²) in [5, 5.41) is 8.74. The fraction of sp³-hybridized carbons (Fsp3) is 0.895. The Balaban J connectivity index is 4.17. The number of carbonyl (C=O) groups is 2. The monoisotopic (exact) mass is 433 g/mol. The maximum absolute atomic E-state index is 11.4. The van der Waals surface area contributed by atoms with Crippen LogP contribution in [0.4, 0.5) is 0 Å². The third-order valence-electron chi connectivity index (χ3n) is 4.80. The van der Waals surface area contributed by atoms with Gasteiger partial charge in [-0.05, 0) is 45.4 Å². The van der Waals surface area contributed by atoms with Gasteiger partial charge in [-0.25, -0.2) is 0 Å². The van der Waals surface area contributed by atoms with Crippen LogP contribution in [-0.4, -0.2) is 65.9 Å². The smallest absolute Gasteiger partial charge is 0.307 e. The second-order valence-electron chi connectivity index (χ2n) is 8.34. The molecule has 0 aromatic heterocycles. The zero-order chi connectivity index (χ0) is 23.3. The number of carboxylic acid groups (broad SMARTS) is 1. The van der Waals surface area contributed by atoms with E-state index in [0.717, 1.165) is 0 Å². The first kappa shape index (κ1) is 28.7. The van der Waals surface area contributed by atoms with Crippen molar-refractivity contribution in [3.63, 3.8) is 0 Å². The van der Waals surface area contributed by atoms with E-state index in [2.05, 4.69) is 0 Å². The van der Waals surface area contributed by atoms with E-state index in [-0.39, 0.29) is 55.1 Å². The molecule has 0 aromatic rings. The third-order valence-corrected chi connectivity index (χ3v) is 4.80. The first-order valence-electron chi connectivity index (χ1n) is 10.6. The Hall–Kier alpha value is -1.34. The molecule has 0 aliphatic carbocycles. The van der Waals surface area contributed by atoms with Crippen LogP contribution in [0.15, 0.2) is 0 Å². The zero-order valence-electron chi connectivity index (χ0n) is 18.1. The molecule has 0 rings (SSSR count). The molecule has 7 atom stereocenters. The number of rotatable bonds is 17. The van der Waals surface area contributed by atoms with Gasteiger partial charge >= 0.3 is 11.9 Å². The lowest BCUT2D eigenvalue weighted by Crippen LogP contribution is -2.42. The summed E-state index contributed by atoms with van der Waals surface area (Å²) in [6, 6.07) is -2.05. The minimum Gasteiger partial charge on any atom is -0.481 e. The van der Waals surface area contributed by atoms with Gasteiger partial charge in [0.15, 0.2) is 0 Å². The molecule has 0 amide bonds. The molecule has 7 unspecified atom stereocenters. The molecule has 0 aliphatic heterocycles. The van der Waals surface area contributed by atoms with Gasteiger partial charge in [-0.3, -0.25) is 9.59 Å². The zero-order valence-corrected chi connectivity index (χ0v) is 18.1. The molecule has 0 spiro atoms. The summed E-state index contributed by atoms with van der Waals surface area (Å²) in [7, 11) is 0. The van der Waals surface area contributed by atoms with Crippen LogP contribution in [0.5, 0.6) is 0 Å². The summed E-state index contributed by atoms with van der Waals surface area (Å²) in [4.78, 5) is 22.1. The van der Waals surface area contributed by atoms with Crippen LogP contribution < -0.4 is 40.1 Å². The lowest BCUT2D eigenvalue weighted by atomic mass is 9.92. The fourth-order valence-electron chi connectivity index (χ4n) is 3.64. The average molecular weight is 434 g/mol. The quantitative estimate of drug-likeness (QED) is 0.117. The van der Waals surface area contributed by atoms with Gasteiger partial charge in [-0.2, -0.15) is 0 Å². The molecule has 0 heterocycles. The predicted molar refractivity (Wildman–Crippen MR) is 117 cm³/mol. The Morgan fingerprint density at radius 3 is 1.23 bits per heavy atom. The second kappa shape index (κ2) is 15.5. The van der Waals surface area contributed by atoms with E-state index in [1.165, 1.54) is 0 Å². The summed E-state index contributed by atoms with van der Waals surface area (Å²) < 4.78 is 4.88. The van der Waals surface area contributed by atoms with E-state index in [1.807, 2.05) is 0 Å². The highest BCUT2D eigenvalue weighted by molar-refractivity contribution is 5.70. The minimum atomic E-state index is -0.949. The van der Waals surface area contributed by atoms with Crippen molar-refractivity contribution >= 4 is 11.9 Å². The molecule has 0 saturated heterocycles. The van der Waals surface area contributed by atoms with Gasteiger partial charge < -0.3 is 50.0 Å². The van der Waals surface area contributed by atoms with Crippen LogP contribution in [0.2, 0.25) is 0 Å². The van der Waals surface area contributed by atoms with Crippen molar-refractivity contribution in [3.05, 3.63) is 0 Å². The van der Waals surface area contributed by atoms with Gasteiger partial charge in [0.25, 0.3) is 0 Å². The van der Waals surface area contributed by atoms with E-state index < -0.39 is 12.0 Å². The Morgan fingerprint density at radius 2 is 0.933 bits per heavy atom. The van der Waals surface area contributed by atoms with Crippen molar-refractivity contribution in [2.75, 3.05) is 6.61 Å². The highest BCUT2D eigenvalue weighted by Crippen LogP contribution is 2.12. The van der Waals surface area contributed by atoms with E-state index in [9.17, 15) is 9.59 Å². The average Bonchev–Trinajstić information content (AvgIpc) is 2.52. The van der Waals surface area contributed by atoms with Crippen LogP contribution in [0, 0.1) is 0 Å². The lowest BCUT2D eigenvalue weighted by molar-refractivity contribution is -0.143. The van der Waals surface area contributed by atoms with Crippen LogP contribution in [-0.2, 0) is 14.3 Å². The van der Waals surface area contributed by atoms with Crippen LogP contribution >= 0.6 is 0 Å². The van der Waals surface area contributed by atoms with E-state index in [1.54, 1.807) is 6.92 Å². The van der Waals surface area contributed by atoms with Crippen molar-refractivity contribution in [3.8, 4) is 0 Å². The second-order valence-corrected chi connectivity index (χ2v) is 8.34. The van der Waals surface area contributed by atoms with Gasteiger partial charge in [0.05, 0.1) is 19.4 Å². The molecule has 0 radical (unpaired) electrons. The molecule has 11 heteroatoms.